The number of rotatable bonds is 1. The van der Waals surface area contributed by atoms with E-state index in [9.17, 15) is 9.18 Å². The minimum Gasteiger partial charge on any atom is -0.268 e. The van der Waals surface area contributed by atoms with E-state index in [2.05, 4.69) is 0 Å². The lowest BCUT2D eigenvalue weighted by molar-refractivity contribution is 0.0845. The summed E-state index contributed by atoms with van der Waals surface area (Å²) in [6, 6.07) is 4.16. The van der Waals surface area contributed by atoms with Crippen molar-refractivity contribution in [2.75, 3.05) is 4.31 Å². The summed E-state index contributed by atoms with van der Waals surface area (Å²) in [6.07, 6.45) is 1.87. The Morgan fingerprint density at radius 2 is 2.18 bits per heavy atom. The molecule has 1 heterocycles. The van der Waals surface area contributed by atoms with E-state index < -0.39 is 5.82 Å². The fraction of sp³-hybridized carbons (Fsp3) is 0.273. The molecule has 1 aliphatic rings. The van der Waals surface area contributed by atoms with Crippen molar-refractivity contribution in [1.82, 2.24) is 4.31 Å². The molecule has 1 aromatic rings. The lowest BCUT2D eigenvalue weighted by atomic mass is 10.1. The van der Waals surface area contributed by atoms with Gasteiger partial charge in [0.15, 0.2) is 6.19 Å². The molecule has 0 spiro atoms. The van der Waals surface area contributed by atoms with Gasteiger partial charge < -0.3 is 0 Å². The molecule has 0 N–H and O–H groups in total. The van der Waals surface area contributed by atoms with E-state index in [-0.39, 0.29) is 23.2 Å². The SMILES string of the molecule is CC(C)N1SN(C#N)c2c(F)cccc2C1=O. The first-order valence-electron chi connectivity index (χ1n) is 5.06. The number of hydrogen-bond donors (Lipinski definition) is 0. The number of benzene rings is 1. The van der Waals surface area contributed by atoms with E-state index in [0.717, 1.165) is 16.4 Å². The molecule has 1 aromatic carbocycles. The van der Waals surface area contributed by atoms with Crippen LogP contribution in [0.5, 0.6) is 0 Å². The summed E-state index contributed by atoms with van der Waals surface area (Å²) >= 11 is 0.921. The summed E-state index contributed by atoms with van der Waals surface area (Å²) < 4.78 is 16.2. The highest BCUT2D eigenvalue weighted by atomic mass is 32.2. The number of hydrogen-bond acceptors (Lipinski definition) is 4. The molecule has 0 saturated carbocycles. The molecule has 17 heavy (non-hydrogen) atoms. The molecule has 0 bridgehead atoms. The van der Waals surface area contributed by atoms with Crippen LogP contribution >= 0.6 is 12.1 Å². The van der Waals surface area contributed by atoms with Crippen LogP contribution in [0.4, 0.5) is 10.1 Å². The molecule has 6 heteroatoms. The monoisotopic (exact) mass is 251 g/mol. The van der Waals surface area contributed by atoms with Gasteiger partial charge in [-0.3, -0.25) is 9.10 Å². The Labute approximate surface area is 103 Å². The van der Waals surface area contributed by atoms with Gasteiger partial charge in [0.05, 0.1) is 17.7 Å². The first kappa shape index (κ1) is 11.7. The van der Waals surface area contributed by atoms with Crippen LogP contribution in [0.1, 0.15) is 24.2 Å². The lowest BCUT2D eigenvalue weighted by Crippen LogP contribution is -2.39. The van der Waals surface area contributed by atoms with Gasteiger partial charge in [0, 0.05) is 6.04 Å². The molecule has 0 radical (unpaired) electrons. The second kappa shape index (κ2) is 4.26. The fourth-order valence-electron chi connectivity index (χ4n) is 1.58. The first-order chi connectivity index (χ1) is 8.06. The fourth-order valence-corrected chi connectivity index (χ4v) is 2.42. The van der Waals surface area contributed by atoms with Gasteiger partial charge in [-0.15, -0.1) is 0 Å². The number of nitriles is 1. The molecule has 4 nitrogen and oxygen atoms in total. The van der Waals surface area contributed by atoms with E-state index in [4.69, 9.17) is 5.26 Å². The van der Waals surface area contributed by atoms with Crippen LogP contribution in [0.15, 0.2) is 18.2 Å². The number of para-hydroxylation sites is 1. The summed E-state index contributed by atoms with van der Waals surface area (Å²) in [4.78, 5) is 12.1. The van der Waals surface area contributed by atoms with Crippen LogP contribution < -0.4 is 4.31 Å². The van der Waals surface area contributed by atoms with E-state index in [1.54, 1.807) is 0 Å². The maximum atomic E-state index is 13.6. The average molecular weight is 251 g/mol. The number of carbonyl (C=O) groups excluding carboxylic acids is 1. The van der Waals surface area contributed by atoms with Gasteiger partial charge >= 0.3 is 0 Å². The van der Waals surface area contributed by atoms with Crippen LogP contribution in [0.25, 0.3) is 0 Å². The summed E-state index contributed by atoms with van der Waals surface area (Å²) in [6.45, 7) is 3.68. The molecule has 2 rings (SSSR count). The average Bonchev–Trinajstić information content (AvgIpc) is 2.30. The standard InChI is InChI=1S/C11H10FN3OS/c1-7(2)15-11(16)8-4-3-5-9(12)10(8)14(6-13)17-15/h3-5,7H,1-2H3. The Morgan fingerprint density at radius 3 is 2.76 bits per heavy atom. The molecule has 1 amide bonds. The van der Waals surface area contributed by atoms with Gasteiger partial charge in [-0.2, -0.15) is 9.57 Å². The summed E-state index contributed by atoms with van der Waals surface area (Å²) in [5.41, 5.74) is 0.265. The molecular formula is C11H10FN3OS. The van der Waals surface area contributed by atoms with Crippen LogP contribution in [-0.4, -0.2) is 16.3 Å². The predicted molar refractivity (Wildman–Crippen MR) is 63.4 cm³/mol. The third kappa shape index (κ3) is 1.83. The minimum atomic E-state index is -0.562. The Morgan fingerprint density at radius 1 is 1.47 bits per heavy atom. The van der Waals surface area contributed by atoms with Crippen molar-refractivity contribution in [2.45, 2.75) is 19.9 Å². The zero-order valence-corrected chi connectivity index (χ0v) is 10.2. The van der Waals surface area contributed by atoms with Crippen molar-refractivity contribution in [2.24, 2.45) is 0 Å². The van der Waals surface area contributed by atoms with E-state index in [0.29, 0.717) is 0 Å². The van der Waals surface area contributed by atoms with Crippen LogP contribution in [0.2, 0.25) is 0 Å². The highest BCUT2D eigenvalue weighted by Crippen LogP contribution is 2.38. The van der Waals surface area contributed by atoms with Crippen LogP contribution in [0, 0.1) is 17.3 Å². The maximum Gasteiger partial charge on any atom is 0.267 e. The third-order valence-electron chi connectivity index (χ3n) is 2.35. The van der Waals surface area contributed by atoms with Gasteiger partial charge in [-0.25, -0.2) is 4.39 Å². The van der Waals surface area contributed by atoms with Crippen molar-refractivity contribution < 1.29 is 9.18 Å². The smallest absolute Gasteiger partial charge is 0.267 e. The predicted octanol–water partition coefficient (Wildman–Crippen LogP) is 2.54. The van der Waals surface area contributed by atoms with Crippen molar-refractivity contribution in [3.05, 3.63) is 29.6 Å². The molecule has 1 aliphatic heterocycles. The Hall–Kier alpha value is -1.74. The molecular weight excluding hydrogens is 241 g/mol. The molecule has 88 valence electrons. The zero-order valence-electron chi connectivity index (χ0n) is 9.35. The molecule has 0 aromatic heterocycles. The zero-order chi connectivity index (χ0) is 12.6. The Balaban J connectivity index is 2.57. The number of anilines is 1. The summed E-state index contributed by atoms with van der Waals surface area (Å²) in [5, 5.41) is 9.00. The minimum absolute atomic E-state index is 0.0434. The number of halogens is 1. The van der Waals surface area contributed by atoms with Crippen molar-refractivity contribution in [3.8, 4) is 6.19 Å². The van der Waals surface area contributed by atoms with Gasteiger partial charge in [-0.1, -0.05) is 6.07 Å². The summed E-state index contributed by atoms with van der Waals surface area (Å²) in [5.74, 6) is -0.834. The molecule has 0 unspecified atom stereocenters. The van der Waals surface area contributed by atoms with Gasteiger partial charge in [0.25, 0.3) is 5.91 Å². The topological polar surface area (TPSA) is 47.3 Å². The highest BCUT2D eigenvalue weighted by molar-refractivity contribution is 7.99. The van der Waals surface area contributed by atoms with Crippen LogP contribution in [0.3, 0.4) is 0 Å². The van der Waals surface area contributed by atoms with Crippen molar-refractivity contribution >= 4 is 23.7 Å². The lowest BCUT2D eigenvalue weighted by Gasteiger charge is -2.33. The molecule has 0 atom stereocenters. The van der Waals surface area contributed by atoms with Crippen molar-refractivity contribution in [1.29, 1.82) is 5.26 Å². The van der Waals surface area contributed by atoms with Gasteiger partial charge in [-0.05, 0) is 26.0 Å². The van der Waals surface area contributed by atoms with E-state index in [1.165, 1.54) is 22.5 Å². The summed E-state index contributed by atoms with van der Waals surface area (Å²) in [7, 11) is 0. The quantitative estimate of drug-likeness (QED) is 0.568. The number of amides is 1. The van der Waals surface area contributed by atoms with Gasteiger partial charge in [0.2, 0.25) is 0 Å². The van der Waals surface area contributed by atoms with Gasteiger partial charge in [0.1, 0.15) is 11.5 Å². The second-order valence-electron chi connectivity index (χ2n) is 3.84. The Bertz CT molecular complexity index is 512. The van der Waals surface area contributed by atoms with Crippen molar-refractivity contribution in [3.63, 3.8) is 0 Å². The normalized spacial score (nSPS) is 14.9. The Kier molecular flexibility index (Phi) is 2.94. The molecule has 0 fully saturated rings. The second-order valence-corrected chi connectivity index (χ2v) is 4.76. The third-order valence-corrected chi connectivity index (χ3v) is 3.54. The van der Waals surface area contributed by atoms with E-state index >= 15 is 0 Å². The highest BCUT2D eigenvalue weighted by Gasteiger charge is 2.34. The number of nitrogens with zero attached hydrogens (tertiary/aromatic N) is 3. The first-order valence-corrected chi connectivity index (χ1v) is 5.79. The van der Waals surface area contributed by atoms with E-state index in [1.807, 2.05) is 20.0 Å². The number of carbonyl (C=O) groups is 1. The largest absolute Gasteiger partial charge is 0.268 e. The maximum absolute atomic E-state index is 13.6. The molecule has 0 aliphatic carbocycles. The van der Waals surface area contributed by atoms with Crippen LogP contribution in [-0.2, 0) is 0 Å². The number of fused-ring (bicyclic) bond motifs is 1. The molecule has 0 saturated heterocycles.